The van der Waals surface area contributed by atoms with Gasteiger partial charge in [0.05, 0.1) is 11.4 Å². The van der Waals surface area contributed by atoms with Gasteiger partial charge in [0, 0.05) is 23.8 Å². The van der Waals surface area contributed by atoms with Crippen LogP contribution in [-0.4, -0.2) is 19.9 Å². The second-order valence-electron chi connectivity index (χ2n) is 3.79. The van der Waals surface area contributed by atoms with E-state index < -0.39 is 10.0 Å². The van der Waals surface area contributed by atoms with E-state index in [-0.39, 0.29) is 11.4 Å². The van der Waals surface area contributed by atoms with Gasteiger partial charge in [-0.2, -0.15) is 0 Å². The zero-order valence-electron chi connectivity index (χ0n) is 10.5. The Balaban J connectivity index is 2.03. The van der Waals surface area contributed by atoms with Crippen LogP contribution in [0.4, 0.5) is 0 Å². The Hall–Kier alpha value is -1.72. The first-order chi connectivity index (χ1) is 9.62. The van der Waals surface area contributed by atoms with Gasteiger partial charge < -0.3 is 5.73 Å². The quantitative estimate of drug-likeness (QED) is 0.823. The molecule has 5 nitrogen and oxygen atoms in total. The van der Waals surface area contributed by atoms with E-state index in [0.29, 0.717) is 6.54 Å². The fourth-order valence-corrected chi connectivity index (χ4v) is 3.32. The molecule has 3 N–H and O–H groups in total. The maximum absolute atomic E-state index is 12.0. The number of aromatic nitrogens is 1. The lowest BCUT2D eigenvalue weighted by atomic mass is 10.4. The van der Waals surface area contributed by atoms with Crippen molar-refractivity contribution in [2.45, 2.75) is 11.4 Å². The Morgan fingerprint density at radius 2 is 2.20 bits per heavy atom. The third-order valence-corrected chi connectivity index (χ3v) is 4.74. The second-order valence-corrected chi connectivity index (χ2v) is 6.72. The highest BCUT2D eigenvalue weighted by molar-refractivity contribution is 7.89. The minimum atomic E-state index is -3.53. The van der Waals surface area contributed by atoms with Crippen molar-refractivity contribution in [2.24, 2.45) is 5.73 Å². The van der Waals surface area contributed by atoms with Crippen LogP contribution >= 0.6 is 11.3 Å². The maximum atomic E-state index is 12.0. The summed E-state index contributed by atoms with van der Waals surface area (Å²) in [5.41, 5.74) is 5.30. The summed E-state index contributed by atoms with van der Waals surface area (Å²) in [5, 5.41) is 0. The third kappa shape index (κ3) is 3.88. The molecule has 0 radical (unpaired) electrons. The van der Waals surface area contributed by atoms with Gasteiger partial charge in [0.2, 0.25) is 10.0 Å². The molecule has 20 heavy (non-hydrogen) atoms. The highest BCUT2D eigenvalue weighted by atomic mass is 32.2. The minimum Gasteiger partial charge on any atom is -0.320 e. The van der Waals surface area contributed by atoms with Crippen molar-refractivity contribution in [1.82, 2.24) is 9.71 Å². The molecule has 0 bridgehead atoms. The second kappa shape index (κ2) is 6.63. The van der Waals surface area contributed by atoms with E-state index in [0.717, 1.165) is 9.75 Å². The molecule has 104 valence electrons. The van der Waals surface area contributed by atoms with Crippen LogP contribution in [0.5, 0.6) is 0 Å². The van der Waals surface area contributed by atoms with Gasteiger partial charge in [0.1, 0.15) is 4.90 Å². The van der Waals surface area contributed by atoms with Gasteiger partial charge in [-0.1, -0.05) is 11.8 Å². The molecule has 0 aliphatic carbocycles. The number of thiophene rings is 1. The van der Waals surface area contributed by atoms with Crippen molar-refractivity contribution in [1.29, 1.82) is 0 Å². The van der Waals surface area contributed by atoms with Crippen LogP contribution in [-0.2, 0) is 16.6 Å². The SMILES string of the molecule is NCC#Cc1ccc(CNS(=O)(=O)c2cccnc2)s1. The number of nitrogens with zero attached hydrogens (tertiary/aromatic N) is 1. The van der Waals surface area contributed by atoms with E-state index in [9.17, 15) is 8.42 Å². The summed E-state index contributed by atoms with van der Waals surface area (Å²) < 4.78 is 26.5. The summed E-state index contributed by atoms with van der Waals surface area (Å²) in [7, 11) is -3.53. The van der Waals surface area contributed by atoms with Crippen LogP contribution in [0.1, 0.15) is 9.75 Å². The first kappa shape index (κ1) is 14.7. The predicted molar refractivity (Wildman–Crippen MR) is 78.5 cm³/mol. The lowest BCUT2D eigenvalue weighted by Crippen LogP contribution is -2.22. The highest BCUT2D eigenvalue weighted by Crippen LogP contribution is 2.16. The Kier molecular flexibility index (Phi) is 4.87. The molecule has 0 saturated carbocycles. The molecule has 0 aliphatic heterocycles. The zero-order valence-corrected chi connectivity index (χ0v) is 12.2. The van der Waals surface area contributed by atoms with Crippen molar-refractivity contribution < 1.29 is 8.42 Å². The minimum absolute atomic E-state index is 0.153. The smallest absolute Gasteiger partial charge is 0.242 e. The molecule has 0 unspecified atom stereocenters. The molecule has 0 amide bonds. The molecule has 0 saturated heterocycles. The first-order valence-electron chi connectivity index (χ1n) is 5.79. The third-order valence-electron chi connectivity index (χ3n) is 2.36. The topological polar surface area (TPSA) is 85.1 Å². The number of hydrogen-bond acceptors (Lipinski definition) is 5. The van der Waals surface area contributed by atoms with Crippen LogP contribution in [0.2, 0.25) is 0 Å². The number of sulfonamides is 1. The van der Waals surface area contributed by atoms with Gasteiger partial charge in [-0.05, 0) is 24.3 Å². The molecule has 2 heterocycles. The number of rotatable bonds is 4. The van der Waals surface area contributed by atoms with Crippen molar-refractivity contribution in [2.75, 3.05) is 6.54 Å². The monoisotopic (exact) mass is 307 g/mol. The van der Waals surface area contributed by atoms with Gasteiger partial charge in [-0.3, -0.25) is 4.98 Å². The van der Waals surface area contributed by atoms with Crippen LogP contribution in [0, 0.1) is 11.8 Å². The van der Waals surface area contributed by atoms with E-state index in [2.05, 4.69) is 21.5 Å². The molecular weight excluding hydrogens is 294 g/mol. The van der Waals surface area contributed by atoms with Crippen molar-refractivity contribution in [3.05, 3.63) is 46.4 Å². The molecule has 0 aromatic carbocycles. The van der Waals surface area contributed by atoms with Crippen LogP contribution in [0.25, 0.3) is 0 Å². The van der Waals surface area contributed by atoms with Crippen LogP contribution < -0.4 is 10.5 Å². The van der Waals surface area contributed by atoms with Crippen molar-refractivity contribution >= 4 is 21.4 Å². The van der Waals surface area contributed by atoms with E-state index in [4.69, 9.17) is 5.73 Å². The number of hydrogen-bond donors (Lipinski definition) is 2. The summed E-state index contributed by atoms with van der Waals surface area (Å²) in [4.78, 5) is 5.70. The zero-order chi connectivity index (χ0) is 14.4. The fourth-order valence-electron chi connectivity index (χ4n) is 1.43. The number of nitrogens with one attached hydrogen (secondary N) is 1. The summed E-state index contributed by atoms with van der Waals surface area (Å²) >= 11 is 1.44. The standard InChI is InChI=1S/C13H13N3O2S2/c14-7-1-3-11-5-6-12(19-11)9-16-20(17,18)13-4-2-8-15-10-13/h2,4-6,8,10,16H,7,9,14H2. The Bertz CT molecular complexity index is 728. The largest absolute Gasteiger partial charge is 0.320 e. The van der Waals surface area contributed by atoms with Crippen LogP contribution in [0.3, 0.4) is 0 Å². The summed E-state index contributed by atoms with van der Waals surface area (Å²) in [6, 6.07) is 6.78. The molecule has 2 aromatic heterocycles. The number of pyridine rings is 1. The normalized spacial score (nSPS) is 10.8. The van der Waals surface area contributed by atoms with E-state index >= 15 is 0 Å². The first-order valence-corrected chi connectivity index (χ1v) is 8.09. The van der Waals surface area contributed by atoms with E-state index in [1.807, 2.05) is 12.1 Å². The van der Waals surface area contributed by atoms with Gasteiger partial charge >= 0.3 is 0 Å². The Morgan fingerprint density at radius 3 is 2.90 bits per heavy atom. The Morgan fingerprint density at radius 1 is 1.35 bits per heavy atom. The molecular formula is C13H13N3O2S2. The summed E-state index contributed by atoms with van der Waals surface area (Å²) in [5.74, 6) is 5.67. The van der Waals surface area contributed by atoms with Gasteiger partial charge in [0.15, 0.2) is 0 Å². The molecule has 2 aromatic rings. The molecule has 0 atom stereocenters. The molecule has 7 heteroatoms. The maximum Gasteiger partial charge on any atom is 0.242 e. The number of nitrogens with two attached hydrogens (primary N) is 1. The van der Waals surface area contributed by atoms with Crippen molar-refractivity contribution in [3.63, 3.8) is 0 Å². The summed E-state index contributed by atoms with van der Waals surface area (Å²) in [6.07, 6.45) is 2.84. The highest BCUT2D eigenvalue weighted by Gasteiger charge is 2.13. The average Bonchev–Trinajstić information content (AvgIpc) is 2.92. The predicted octanol–water partition coefficient (Wildman–Crippen LogP) is 0.932. The van der Waals surface area contributed by atoms with E-state index in [1.165, 1.54) is 29.8 Å². The van der Waals surface area contributed by atoms with Gasteiger partial charge in [-0.25, -0.2) is 13.1 Å². The fraction of sp³-hybridized carbons (Fsp3) is 0.154. The van der Waals surface area contributed by atoms with Gasteiger partial charge in [0.25, 0.3) is 0 Å². The molecule has 0 aliphatic rings. The van der Waals surface area contributed by atoms with Crippen molar-refractivity contribution in [3.8, 4) is 11.8 Å². The average molecular weight is 307 g/mol. The lowest BCUT2D eigenvalue weighted by molar-refractivity contribution is 0.581. The molecule has 2 rings (SSSR count). The van der Waals surface area contributed by atoms with Gasteiger partial charge in [-0.15, -0.1) is 11.3 Å². The van der Waals surface area contributed by atoms with E-state index in [1.54, 1.807) is 6.07 Å². The summed E-state index contributed by atoms with van der Waals surface area (Å²) in [6.45, 7) is 0.535. The molecule has 0 fully saturated rings. The molecule has 0 spiro atoms. The van der Waals surface area contributed by atoms with Crippen LogP contribution in [0.15, 0.2) is 41.6 Å². The lowest BCUT2D eigenvalue weighted by Gasteiger charge is -2.04. The Labute approximate surface area is 121 Å².